The van der Waals surface area contributed by atoms with Crippen LogP contribution < -0.4 is 0 Å². The standard InChI is InChI=1S/C3H2O9Si/c4-1(5)9-13(10-2(6)7)11-3(8)12-13/h(H,4,5)(H,6,7). The molecule has 1 fully saturated rings. The van der Waals surface area contributed by atoms with Crippen molar-refractivity contribution >= 4 is 27.5 Å². The van der Waals surface area contributed by atoms with Gasteiger partial charge in [-0.25, -0.2) is 14.4 Å². The van der Waals surface area contributed by atoms with Gasteiger partial charge in [0.2, 0.25) is 0 Å². The molecule has 0 bridgehead atoms. The van der Waals surface area contributed by atoms with Crippen LogP contribution in [0.15, 0.2) is 0 Å². The smallest absolute Gasteiger partial charge is 0.450 e. The molecule has 72 valence electrons. The van der Waals surface area contributed by atoms with Crippen LogP contribution in [0.2, 0.25) is 0 Å². The molecule has 2 N–H and O–H groups in total. The maximum absolute atomic E-state index is 10.1. The molecule has 13 heavy (non-hydrogen) atoms. The number of hydrogen-bond donors (Lipinski definition) is 2. The fraction of sp³-hybridized carbons (Fsp3) is 0. The van der Waals surface area contributed by atoms with Crippen LogP contribution in [0.5, 0.6) is 0 Å². The normalized spacial score (nSPS) is 17.4. The molecule has 0 amide bonds. The van der Waals surface area contributed by atoms with E-state index in [-0.39, 0.29) is 0 Å². The van der Waals surface area contributed by atoms with Gasteiger partial charge in [0, 0.05) is 0 Å². The third-order valence-electron chi connectivity index (χ3n) is 0.841. The van der Waals surface area contributed by atoms with Gasteiger partial charge >= 0.3 is 27.5 Å². The van der Waals surface area contributed by atoms with Crippen molar-refractivity contribution in [3.8, 4) is 0 Å². The Morgan fingerprint density at radius 1 is 1.15 bits per heavy atom. The van der Waals surface area contributed by atoms with Crippen molar-refractivity contribution in [2.45, 2.75) is 0 Å². The van der Waals surface area contributed by atoms with Crippen LogP contribution >= 0.6 is 0 Å². The van der Waals surface area contributed by atoms with Gasteiger partial charge in [-0.3, -0.25) is 0 Å². The van der Waals surface area contributed by atoms with Gasteiger partial charge in [-0.05, 0) is 0 Å². The zero-order valence-electron chi connectivity index (χ0n) is 5.75. The minimum absolute atomic E-state index is 1.24. The Labute approximate surface area is 70.9 Å². The van der Waals surface area contributed by atoms with E-state index in [1.807, 2.05) is 0 Å². The first-order valence-corrected chi connectivity index (χ1v) is 4.33. The molecule has 10 heteroatoms. The lowest BCUT2D eigenvalue weighted by Crippen LogP contribution is -2.62. The summed E-state index contributed by atoms with van der Waals surface area (Å²) in [7, 11) is -4.28. The molecule has 0 atom stereocenters. The van der Waals surface area contributed by atoms with Gasteiger partial charge in [0.1, 0.15) is 0 Å². The lowest BCUT2D eigenvalue weighted by molar-refractivity contribution is -0.0445. The number of carbonyl (C=O) groups excluding carboxylic acids is 1. The van der Waals surface area contributed by atoms with Gasteiger partial charge in [-0.1, -0.05) is 0 Å². The molecule has 9 nitrogen and oxygen atoms in total. The zero-order valence-corrected chi connectivity index (χ0v) is 6.75. The highest BCUT2D eigenvalue weighted by Gasteiger charge is 2.72. The molecule has 1 aliphatic rings. The Bertz CT molecular complexity index is 244. The van der Waals surface area contributed by atoms with Crippen molar-refractivity contribution < 1.29 is 42.3 Å². The van der Waals surface area contributed by atoms with Crippen LogP contribution in [0.3, 0.4) is 0 Å². The van der Waals surface area contributed by atoms with Gasteiger partial charge in [0.25, 0.3) is 0 Å². The molecule has 1 aliphatic heterocycles. The molecule has 0 aromatic carbocycles. The first-order valence-electron chi connectivity index (χ1n) is 2.69. The summed E-state index contributed by atoms with van der Waals surface area (Å²) in [5.41, 5.74) is 0. The summed E-state index contributed by atoms with van der Waals surface area (Å²) >= 11 is 0. The zero-order chi connectivity index (χ0) is 10.1. The molecular weight excluding hydrogens is 208 g/mol. The molecule has 0 unspecified atom stereocenters. The number of rotatable bonds is 2. The highest BCUT2D eigenvalue weighted by Crippen LogP contribution is 2.22. The Balaban J connectivity index is 2.60. The lowest BCUT2D eigenvalue weighted by atomic mass is 11.4. The molecule has 1 rings (SSSR count). The second-order valence-corrected chi connectivity index (χ2v) is 3.51. The minimum atomic E-state index is -4.28. The van der Waals surface area contributed by atoms with E-state index in [2.05, 4.69) is 17.7 Å². The number of carbonyl (C=O) groups is 3. The third-order valence-corrected chi connectivity index (χ3v) is 2.52. The van der Waals surface area contributed by atoms with E-state index in [1.165, 1.54) is 0 Å². The van der Waals surface area contributed by atoms with Crippen LogP contribution in [-0.4, -0.2) is 37.7 Å². The first-order chi connectivity index (χ1) is 5.93. The van der Waals surface area contributed by atoms with E-state index in [4.69, 9.17) is 10.2 Å². The van der Waals surface area contributed by atoms with Crippen LogP contribution in [0.4, 0.5) is 14.4 Å². The van der Waals surface area contributed by atoms with Gasteiger partial charge in [-0.2, -0.15) is 0 Å². The summed E-state index contributed by atoms with van der Waals surface area (Å²) in [4.78, 5) is 30.1. The predicted octanol–water partition coefficient (Wildman–Crippen LogP) is -0.0220. The molecule has 0 radical (unpaired) electrons. The molecular formula is C3H2O9Si. The molecule has 0 saturated carbocycles. The second-order valence-electron chi connectivity index (χ2n) is 1.69. The van der Waals surface area contributed by atoms with Crippen LogP contribution in [-0.2, 0) is 17.7 Å². The van der Waals surface area contributed by atoms with Crippen molar-refractivity contribution in [2.24, 2.45) is 0 Å². The summed E-state index contributed by atoms with van der Waals surface area (Å²) in [5, 5.41) is 16.2. The SMILES string of the molecule is O=C(O)O[Si]1(OC(=O)O)OC(=O)O1. The van der Waals surface area contributed by atoms with Gasteiger partial charge in [0.05, 0.1) is 0 Å². The first kappa shape index (κ1) is 9.12. The van der Waals surface area contributed by atoms with Crippen molar-refractivity contribution in [2.75, 3.05) is 0 Å². The van der Waals surface area contributed by atoms with Crippen molar-refractivity contribution in [3.05, 3.63) is 0 Å². The summed E-state index contributed by atoms with van der Waals surface area (Å²) < 4.78 is 15.7. The Hall–Kier alpha value is -1.97. The Kier molecular flexibility index (Phi) is 1.98. The predicted molar refractivity (Wildman–Crippen MR) is 31.5 cm³/mol. The highest BCUT2D eigenvalue weighted by atomic mass is 28.4. The molecule has 0 aromatic heterocycles. The monoisotopic (exact) mass is 210 g/mol. The summed E-state index contributed by atoms with van der Waals surface area (Å²) in [6.45, 7) is 0. The van der Waals surface area contributed by atoms with Crippen LogP contribution in [0, 0.1) is 0 Å². The van der Waals surface area contributed by atoms with E-state index in [0.29, 0.717) is 0 Å². The third kappa shape index (κ3) is 1.99. The van der Waals surface area contributed by atoms with E-state index >= 15 is 0 Å². The van der Waals surface area contributed by atoms with Crippen molar-refractivity contribution in [3.63, 3.8) is 0 Å². The maximum atomic E-state index is 10.1. The highest BCUT2D eigenvalue weighted by molar-refractivity contribution is 6.64. The van der Waals surface area contributed by atoms with Gasteiger partial charge in [-0.15, -0.1) is 0 Å². The fourth-order valence-electron chi connectivity index (χ4n) is 0.530. The van der Waals surface area contributed by atoms with E-state index in [1.54, 1.807) is 0 Å². The topological polar surface area (TPSA) is 129 Å². The largest absolute Gasteiger partial charge is 0.984 e. The number of hydrogen-bond acceptors (Lipinski definition) is 7. The van der Waals surface area contributed by atoms with E-state index < -0.39 is 27.5 Å². The fourth-order valence-corrected chi connectivity index (χ4v) is 1.59. The average Bonchev–Trinajstić information content (AvgIpc) is 1.79. The Morgan fingerprint density at radius 2 is 1.54 bits per heavy atom. The second kappa shape index (κ2) is 2.82. The quantitative estimate of drug-likeness (QED) is 0.603. The molecule has 0 spiro atoms. The molecule has 0 aliphatic carbocycles. The summed E-state index contributed by atoms with van der Waals surface area (Å²) in [6, 6.07) is 0. The minimum Gasteiger partial charge on any atom is -0.450 e. The van der Waals surface area contributed by atoms with E-state index in [0.717, 1.165) is 0 Å². The maximum Gasteiger partial charge on any atom is 0.984 e. The molecule has 1 saturated heterocycles. The van der Waals surface area contributed by atoms with Gasteiger partial charge < -0.3 is 27.9 Å². The number of carboxylic acid groups (broad SMARTS) is 2. The van der Waals surface area contributed by atoms with Crippen LogP contribution in [0.25, 0.3) is 0 Å². The molecule has 1 heterocycles. The van der Waals surface area contributed by atoms with Crippen molar-refractivity contribution in [1.82, 2.24) is 0 Å². The summed E-state index contributed by atoms with van der Waals surface area (Å²) in [6.07, 6.45) is -4.96. The molecule has 0 aromatic rings. The van der Waals surface area contributed by atoms with E-state index in [9.17, 15) is 14.4 Å². The average molecular weight is 210 g/mol. The van der Waals surface area contributed by atoms with Gasteiger partial charge in [0.15, 0.2) is 0 Å². The van der Waals surface area contributed by atoms with Crippen molar-refractivity contribution in [1.29, 1.82) is 0 Å². The summed E-state index contributed by atoms with van der Waals surface area (Å²) in [5.74, 6) is 0. The lowest BCUT2D eigenvalue weighted by Gasteiger charge is -2.28. The Morgan fingerprint density at radius 3 is 1.77 bits per heavy atom. The van der Waals surface area contributed by atoms with Crippen LogP contribution in [0.1, 0.15) is 0 Å².